The average Bonchev–Trinajstić information content (AvgIpc) is 3.19. The first-order valence-electron chi connectivity index (χ1n) is 8.00. The van der Waals surface area contributed by atoms with Crippen molar-refractivity contribution in [2.24, 2.45) is 10.4 Å². The molecular formula is C16H25N5O. The summed E-state index contributed by atoms with van der Waals surface area (Å²) >= 11 is 0. The van der Waals surface area contributed by atoms with Gasteiger partial charge in [-0.2, -0.15) is 0 Å². The Morgan fingerprint density at radius 2 is 2.36 bits per heavy atom. The molecule has 2 aliphatic rings. The Morgan fingerprint density at radius 1 is 1.41 bits per heavy atom. The molecule has 22 heavy (non-hydrogen) atoms. The standard InChI is InChI=1S/C16H25N5O/c1-17-15(20-9-8-19-14-4-2-3-7-18-14)21-10-5-16(12-21)6-11-22-13-16/h2-4,7H,5-6,8-13H2,1H3,(H,17,20)(H,18,19). The molecule has 3 heterocycles. The molecule has 0 aromatic carbocycles. The van der Waals surface area contributed by atoms with Gasteiger partial charge in [-0.15, -0.1) is 0 Å². The number of nitrogens with one attached hydrogen (secondary N) is 2. The van der Waals surface area contributed by atoms with Crippen LogP contribution in [-0.2, 0) is 4.74 Å². The van der Waals surface area contributed by atoms with E-state index in [9.17, 15) is 0 Å². The fourth-order valence-corrected chi connectivity index (χ4v) is 3.25. The Balaban J connectivity index is 1.43. The van der Waals surface area contributed by atoms with Gasteiger partial charge >= 0.3 is 0 Å². The number of anilines is 1. The third-order valence-electron chi connectivity index (χ3n) is 4.51. The predicted octanol–water partition coefficient (Wildman–Crippen LogP) is 1.18. The fourth-order valence-electron chi connectivity index (χ4n) is 3.25. The fraction of sp³-hybridized carbons (Fsp3) is 0.625. The number of guanidine groups is 1. The van der Waals surface area contributed by atoms with Crippen molar-refractivity contribution >= 4 is 11.8 Å². The van der Waals surface area contributed by atoms with Crippen molar-refractivity contribution in [3.63, 3.8) is 0 Å². The zero-order chi connectivity index (χ0) is 15.3. The van der Waals surface area contributed by atoms with E-state index in [1.807, 2.05) is 25.2 Å². The van der Waals surface area contributed by atoms with Crippen LogP contribution in [0.3, 0.4) is 0 Å². The van der Waals surface area contributed by atoms with Crippen molar-refractivity contribution in [3.05, 3.63) is 24.4 Å². The highest BCUT2D eigenvalue weighted by Gasteiger charge is 2.42. The molecule has 6 nitrogen and oxygen atoms in total. The van der Waals surface area contributed by atoms with Crippen molar-refractivity contribution in [2.45, 2.75) is 12.8 Å². The molecule has 0 saturated carbocycles. The molecular weight excluding hydrogens is 278 g/mol. The van der Waals surface area contributed by atoms with Crippen LogP contribution in [-0.4, -0.2) is 62.3 Å². The number of aromatic nitrogens is 1. The third-order valence-corrected chi connectivity index (χ3v) is 4.51. The Hall–Kier alpha value is -1.82. The molecule has 6 heteroatoms. The number of likely N-dealkylation sites (tertiary alicyclic amines) is 1. The topological polar surface area (TPSA) is 61.8 Å². The largest absolute Gasteiger partial charge is 0.381 e. The number of rotatable bonds is 4. The third kappa shape index (κ3) is 3.50. The van der Waals surface area contributed by atoms with Gasteiger partial charge in [0.05, 0.1) is 6.61 Å². The van der Waals surface area contributed by atoms with Crippen molar-refractivity contribution in [1.29, 1.82) is 0 Å². The summed E-state index contributed by atoms with van der Waals surface area (Å²) in [6.07, 6.45) is 4.18. The summed E-state index contributed by atoms with van der Waals surface area (Å²) in [5, 5.41) is 6.73. The molecule has 2 fully saturated rings. The first kappa shape index (κ1) is 15.1. The minimum Gasteiger partial charge on any atom is -0.381 e. The molecule has 1 unspecified atom stereocenters. The molecule has 1 aromatic heterocycles. The van der Waals surface area contributed by atoms with Gasteiger partial charge < -0.3 is 20.3 Å². The number of aliphatic imine (C=N–C) groups is 1. The smallest absolute Gasteiger partial charge is 0.193 e. The van der Waals surface area contributed by atoms with E-state index < -0.39 is 0 Å². The zero-order valence-corrected chi connectivity index (χ0v) is 13.2. The van der Waals surface area contributed by atoms with Crippen LogP contribution < -0.4 is 10.6 Å². The molecule has 1 atom stereocenters. The molecule has 1 spiro atoms. The summed E-state index contributed by atoms with van der Waals surface area (Å²) < 4.78 is 5.59. The Labute approximate surface area is 132 Å². The highest BCUT2D eigenvalue weighted by molar-refractivity contribution is 5.80. The highest BCUT2D eigenvalue weighted by Crippen LogP contribution is 2.38. The summed E-state index contributed by atoms with van der Waals surface area (Å²) in [6.45, 7) is 5.58. The number of nitrogens with zero attached hydrogens (tertiary/aromatic N) is 3. The van der Waals surface area contributed by atoms with Gasteiger partial charge in [0.25, 0.3) is 0 Å². The maximum atomic E-state index is 5.59. The van der Waals surface area contributed by atoms with Crippen molar-refractivity contribution < 1.29 is 4.74 Å². The van der Waals surface area contributed by atoms with Crippen LogP contribution in [0, 0.1) is 5.41 Å². The Bertz CT molecular complexity index is 499. The molecule has 1 aromatic rings. The monoisotopic (exact) mass is 303 g/mol. The molecule has 2 aliphatic heterocycles. The van der Waals surface area contributed by atoms with Gasteiger partial charge in [-0.05, 0) is 25.0 Å². The van der Waals surface area contributed by atoms with Gasteiger partial charge in [0.2, 0.25) is 0 Å². The predicted molar refractivity (Wildman–Crippen MR) is 88.1 cm³/mol. The molecule has 0 radical (unpaired) electrons. The lowest BCUT2D eigenvalue weighted by molar-refractivity contribution is 0.156. The molecule has 0 aliphatic carbocycles. The summed E-state index contributed by atoms with van der Waals surface area (Å²) in [5.41, 5.74) is 0.365. The lowest BCUT2D eigenvalue weighted by atomic mass is 9.87. The SMILES string of the molecule is CN=C(NCCNc1ccccn1)N1CCC2(CCOC2)C1. The van der Waals surface area contributed by atoms with Crippen molar-refractivity contribution in [3.8, 4) is 0 Å². The number of pyridine rings is 1. The highest BCUT2D eigenvalue weighted by atomic mass is 16.5. The van der Waals surface area contributed by atoms with E-state index in [0.29, 0.717) is 5.41 Å². The van der Waals surface area contributed by atoms with E-state index in [4.69, 9.17) is 4.74 Å². The van der Waals surface area contributed by atoms with Crippen LogP contribution in [0.4, 0.5) is 5.82 Å². The molecule has 0 amide bonds. The number of hydrogen-bond acceptors (Lipinski definition) is 4. The van der Waals surface area contributed by atoms with E-state index in [-0.39, 0.29) is 0 Å². The first-order chi connectivity index (χ1) is 10.8. The first-order valence-corrected chi connectivity index (χ1v) is 8.00. The Morgan fingerprint density at radius 3 is 3.09 bits per heavy atom. The average molecular weight is 303 g/mol. The van der Waals surface area contributed by atoms with Gasteiger partial charge in [0, 0.05) is 51.4 Å². The summed E-state index contributed by atoms with van der Waals surface area (Å²) in [6, 6.07) is 5.87. The molecule has 2 N–H and O–H groups in total. The lowest BCUT2D eigenvalue weighted by Gasteiger charge is -2.25. The van der Waals surface area contributed by atoms with Crippen LogP contribution in [0.15, 0.2) is 29.4 Å². The molecule has 120 valence electrons. The maximum absolute atomic E-state index is 5.59. The van der Waals surface area contributed by atoms with Gasteiger partial charge in [-0.25, -0.2) is 4.98 Å². The minimum atomic E-state index is 0.365. The van der Waals surface area contributed by atoms with Crippen molar-refractivity contribution in [2.75, 3.05) is 51.8 Å². The maximum Gasteiger partial charge on any atom is 0.193 e. The summed E-state index contributed by atoms with van der Waals surface area (Å²) in [5.74, 6) is 1.90. The second kappa shape index (κ2) is 6.96. The second-order valence-electron chi connectivity index (χ2n) is 6.09. The van der Waals surface area contributed by atoms with Gasteiger partial charge in [-0.3, -0.25) is 4.99 Å². The van der Waals surface area contributed by atoms with Crippen LogP contribution in [0.2, 0.25) is 0 Å². The molecule has 3 rings (SSSR count). The summed E-state index contributed by atoms with van der Waals surface area (Å²) in [4.78, 5) is 11.0. The Kier molecular flexibility index (Phi) is 4.77. The number of ether oxygens (including phenoxy) is 1. The minimum absolute atomic E-state index is 0.365. The van der Waals surface area contributed by atoms with Crippen molar-refractivity contribution in [1.82, 2.24) is 15.2 Å². The molecule has 0 bridgehead atoms. The van der Waals surface area contributed by atoms with E-state index >= 15 is 0 Å². The van der Waals surface area contributed by atoms with E-state index in [0.717, 1.165) is 51.2 Å². The zero-order valence-electron chi connectivity index (χ0n) is 13.2. The van der Waals surface area contributed by atoms with Gasteiger partial charge in [0.15, 0.2) is 5.96 Å². The lowest BCUT2D eigenvalue weighted by Crippen LogP contribution is -2.43. The summed E-state index contributed by atoms with van der Waals surface area (Å²) in [7, 11) is 1.85. The van der Waals surface area contributed by atoms with E-state index in [2.05, 4.69) is 25.5 Å². The van der Waals surface area contributed by atoms with Crippen LogP contribution in [0.5, 0.6) is 0 Å². The van der Waals surface area contributed by atoms with Gasteiger partial charge in [-0.1, -0.05) is 6.07 Å². The second-order valence-corrected chi connectivity index (χ2v) is 6.09. The number of hydrogen-bond donors (Lipinski definition) is 2. The van der Waals surface area contributed by atoms with Crippen LogP contribution >= 0.6 is 0 Å². The normalized spacial score (nSPS) is 25.0. The van der Waals surface area contributed by atoms with E-state index in [1.165, 1.54) is 12.8 Å². The quantitative estimate of drug-likeness (QED) is 0.497. The van der Waals surface area contributed by atoms with Crippen LogP contribution in [0.1, 0.15) is 12.8 Å². The van der Waals surface area contributed by atoms with Gasteiger partial charge in [0.1, 0.15) is 5.82 Å². The van der Waals surface area contributed by atoms with Crippen LogP contribution in [0.25, 0.3) is 0 Å². The molecule has 2 saturated heterocycles. The van der Waals surface area contributed by atoms with E-state index in [1.54, 1.807) is 6.20 Å².